The Morgan fingerprint density at radius 2 is 1.89 bits per heavy atom. The lowest BCUT2D eigenvalue weighted by Crippen LogP contribution is -2.46. The van der Waals surface area contributed by atoms with E-state index >= 15 is 0 Å². The highest BCUT2D eigenvalue weighted by Crippen LogP contribution is 2.42. The van der Waals surface area contributed by atoms with Crippen LogP contribution in [-0.2, 0) is 19.1 Å². The fourth-order valence-corrected chi connectivity index (χ4v) is 2.94. The van der Waals surface area contributed by atoms with E-state index in [1.165, 1.54) is 12.1 Å². The van der Waals surface area contributed by atoms with Crippen molar-refractivity contribution in [2.24, 2.45) is 5.92 Å². The lowest BCUT2D eigenvalue weighted by molar-refractivity contribution is -0.151. The third-order valence-electron chi connectivity index (χ3n) is 4.64. The van der Waals surface area contributed by atoms with Crippen LogP contribution >= 0.6 is 0 Å². The summed E-state index contributed by atoms with van der Waals surface area (Å²) in [6.45, 7) is 0.354. The number of amides is 5. The minimum absolute atomic E-state index is 0.0738. The zero-order valence-electron chi connectivity index (χ0n) is 14.7. The number of imide groups is 2. The summed E-state index contributed by atoms with van der Waals surface area (Å²) < 4.78 is 4.77. The number of nitrogens with zero attached hydrogens (tertiary/aromatic N) is 1. The molecule has 1 aliphatic carbocycles. The molecule has 2 N–H and O–H groups in total. The summed E-state index contributed by atoms with van der Waals surface area (Å²) >= 11 is 0. The van der Waals surface area contributed by atoms with Crippen molar-refractivity contribution in [1.29, 1.82) is 0 Å². The molecule has 0 radical (unpaired) electrons. The zero-order chi connectivity index (χ0) is 19.6. The van der Waals surface area contributed by atoms with E-state index in [0.29, 0.717) is 0 Å². The van der Waals surface area contributed by atoms with Gasteiger partial charge in [0.15, 0.2) is 6.61 Å². The van der Waals surface area contributed by atoms with Gasteiger partial charge in [-0.3, -0.25) is 29.4 Å². The Kier molecular flexibility index (Phi) is 4.93. The van der Waals surface area contributed by atoms with Crippen LogP contribution in [0.25, 0.3) is 0 Å². The third kappa shape index (κ3) is 3.97. The monoisotopic (exact) mass is 373 g/mol. The van der Waals surface area contributed by atoms with E-state index in [4.69, 9.17) is 4.74 Å². The van der Waals surface area contributed by atoms with Crippen LogP contribution in [0.2, 0.25) is 0 Å². The maximum absolute atomic E-state index is 12.4. The Morgan fingerprint density at radius 3 is 2.52 bits per heavy atom. The summed E-state index contributed by atoms with van der Waals surface area (Å²) in [5, 5.41) is 4.70. The molecule has 5 amide bonds. The van der Waals surface area contributed by atoms with Gasteiger partial charge in [-0.25, -0.2) is 4.79 Å². The fourth-order valence-electron chi connectivity index (χ4n) is 2.94. The van der Waals surface area contributed by atoms with Crippen LogP contribution < -0.4 is 10.6 Å². The normalized spacial score (nSPS) is 21.6. The molecular formula is C18H19N3O6. The molecular weight excluding hydrogens is 354 g/mol. The minimum Gasteiger partial charge on any atom is -0.454 e. The summed E-state index contributed by atoms with van der Waals surface area (Å²) in [4.78, 5) is 60.6. The first-order chi connectivity index (χ1) is 12.8. The highest BCUT2D eigenvalue weighted by Gasteiger charge is 2.56. The molecule has 3 rings (SSSR count). The highest BCUT2D eigenvalue weighted by molar-refractivity contribution is 6.09. The second-order valence-electron chi connectivity index (χ2n) is 6.70. The lowest BCUT2D eigenvalue weighted by Gasteiger charge is -2.20. The number of rotatable bonds is 6. The van der Waals surface area contributed by atoms with E-state index in [-0.39, 0.29) is 11.5 Å². The molecule has 1 atom stereocenters. The number of nitrogens with one attached hydrogen (secondary N) is 2. The third-order valence-corrected chi connectivity index (χ3v) is 4.64. The van der Waals surface area contributed by atoms with Crippen molar-refractivity contribution < 1.29 is 28.7 Å². The van der Waals surface area contributed by atoms with Gasteiger partial charge in [-0.15, -0.1) is 0 Å². The van der Waals surface area contributed by atoms with E-state index in [2.05, 4.69) is 10.6 Å². The Labute approximate surface area is 155 Å². The number of urea groups is 1. The van der Waals surface area contributed by atoms with E-state index < -0.39 is 48.4 Å². The van der Waals surface area contributed by atoms with Crippen molar-refractivity contribution in [3.05, 3.63) is 35.9 Å². The first-order valence-corrected chi connectivity index (χ1v) is 8.50. The SMILES string of the molecule is C[C@]1(C2CC2)NC(=O)N(CC(=O)OCC(=O)NC(=O)c2ccccc2)C1=O. The standard InChI is InChI=1S/C18H19N3O6/c1-18(12-7-8-12)16(25)21(17(26)20-18)9-14(23)27-10-13(22)19-15(24)11-5-3-2-4-6-11/h2-6,12H,7-10H2,1H3,(H,20,26)(H,19,22,24)/t18-/m1/s1. The van der Waals surface area contributed by atoms with Crippen LogP contribution in [0.5, 0.6) is 0 Å². The van der Waals surface area contributed by atoms with E-state index in [0.717, 1.165) is 17.7 Å². The van der Waals surface area contributed by atoms with Gasteiger partial charge in [-0.1, -0.05) is 18.2 Å². The average Bonchev–Trinajstić information content (AvgIpc) is 3.47. The van der Waals surface area contributed by atoms with Gasteiger partial charge < -0.3 is 10.1 Å². The van der Waals surface area contributed by atoms with Crippen LogP contribution in [0.1, 0.15) is 30.1 Å². The largest absolute Gasteiger partial charge is 0.454 e. The Balaban J connectivity index is 1.47. The number of ether oxygens (including phenoxy) is 1. The molecule has 9 heteroatoms. The second kappa shape index (κ2) is 7.18. The van der Waals surface area contributed by atoms with Crippen molar-refractivity contribution in [2.45, 2.75) is 25.3 Å². The van der Waals surface area contributed by atoms with Crippen molar-refractivity contribution in [1.82, 2.24) is 15.5 Å². The number of hydrogen-bond donors (Lipinski definition) is 2. The molecule has 1 aromatic rings. The molecule has 1 aromatic carbocycles. The highest BCUT2D eigenvalue weighted by atomic mass is 16.5. The molecule has 2 aliphatic rings. The molecule has 2 fully saturated rings. The molecule has 0 unspecified atom stereocenters. The zero-order valence-corrected chi connectivity index (χ0v) is 14.7. The van der Waals surface area contributed by atoms with Gasteiger partial charge >= 0.3 is 12.0 Å². The molecule has 1 heterocycles. The van der Waals surface area contributed by atoms with Crippen LogP contribution in [0.4, 0.5) is 4.79 Å². The lowest BCUT2D eigenvalue weighted by atomic mass is 9.96. The maximum atomic E-state index is 12.4. The topological polar surface area (TPSA) is 122 Å². The smallest absolute Gasteiger partial charge is 0.326 e. The molecule has 1 saturated heterocycles. The van der Waals surface area contributed by atoms with E-state index in [9.17, 15) is 24.0 Å². The molecule has 27 heavy (non-hydrogen) atoms. The van der Waals surface area contributed by atoms with E-state index in [1.807, 2.05) is 0 Å². The van der Waals surface area contributed by atoms with Crippen LogP contribution in [0.3, 0.4) is 0 Å². The van der Waals surface area contributed by atoms with E-state index in [1.54, 1.807) is 25.1 Å². The quantitative estimate of drug-likeness (QED) is 0.543. The first kappa shape index (κ1) is 18.6. The number of carbonyl (C=O) groups excluding carboxylic acids is 5. The molecule has 0 aromatic heterocycles. The Bertz CT molecular complexity index is 805. The first-order valence-electron chi connectivity index (χ1n) is 8.50. The van der Waals surface area contributed by atoms with Gasteiger partial charge in [-0.2, -0.15) is 0 Å². The molecule has 1 aliphatic heterocycles. The average molecular weight is 373 g/mol. The summed E-state index contributed by atoms with van der Waals surface area (Å²) in [7, 11) is 0. The van der Waals surface area contributed by atoms with Crippen molar-refractivity contribution >= 4 is 29.7 Å². The molecule has 142 valence electrons. The minimum atomic E-state index is -0.989. The molecule has 0 spiro atoms. The van der Waals surface area contributed by atoms with Gasteiger partial charge in [0.1, 0.15) is 12.1 Å². The summed E-state index contributed by atoms with van der Waals surface area (Å²) in [5.74, 6) is -2.75. The van der Waals surface area contributed by atoms with Gasteiger partial charge in [0.25, 0.3) is 17.7 Å². The Morgan fingerprint density at radius 1 is 1.22 bits per heavy atom. The summed E-state index contributed by atoms with van der Waals surface area (Å²) in [6, 6.07) is 7.42. The van der Waals surface area contributed by atoms with Crippen LogP contribution in [-0.4, -0.2) is 53.3 Å². The van der Waals surface area contributed by atoms with Gasteiger partial charge in [0.2, 0.25) is 0 Å². The number of benzene rings is 1. The van der Waals surface area contributed by atoms with Gasteiger partial charge in [0, 0.05) is 5.56 Å². The second-order valence-corrected chi connectivity index (χ2v) is 6.70. The molecule has 1 saturated carbocycles. The summed E-state index contributed by atoms with van der Waals surface area (Å²) in [5.41, 5.74) is -0.701. The van der Waals surface area contributed by atoms with Gasteiger partial charge in [0.05, 0.1) is 0 Å². The number of hydrogen-bond acceptors (Lipinski definition) is 6. The van der Waals surface area contributed by atoms with Crippen LogP contribution in [0, 0.1) is 5.92 Å². The predicted octanol–water partition coefficient (Wildman–Crippen LogP) is 0.207. The predicted molar refractivity (Wildman–Crippen MR) is 91.2 cm³/mol. The Hall–Kier alpha value is -3.23. The number of carbonyl (C=O) groups is 5. The van der Waals surface area contributed by atoms with Crippen LogP contribution in [0.15, 0.2) is 30.3 Å². The van der Waals surface area contributed by atoms with Crippen molar-refractivity contribution in [3.8, 4) is 0 Å². The number of esters is 1. The van der Waals surface area contributed by atoms with Crippen molar-refractivity contribution in [3.63, 3.8) is 0 Å². The fraction of sp³-hybridized carbons (Fsp3) is 0.389. The molecule has 0 bridgehead atoms. The van der Waals surface area contributed by atoms with Gasteiger partial charge in [-0.05, 0) is 37.8 Å². The molecule has 9 nitrogen and oxygen atoms in total. The van der Waals surface area contributed by atoms with Crippen molar-refractivity contribution in [2.75, 3.05) is 13.2 Å². The maximum Gasteiger partial charge on any atom is 0.326 e. The summed E-state index contributed by atoms with van der Waals surface area (Å²) in [6.07, 6.45) is 1.69.